The van der Waals surface area contributed by atoms with Gasteiger partial charge in [0.25, 0.3) is 5.91 Å². The largest absolute Gasteiger partial charge is 0.472 e. The molecule has 3 aliphatic heterocycles. The zero-order valence-electron chi connectivity index (χ0n) is 31.0. The molecule has 1 aromatic carbocycles. The number of sulfonamides is 1. The van der Waals surface area contributed by atoms with Gasteiger partial charge in [-0.3, -0.25) is 19.1 Å². The molecule has 0 bridgehead atoms. The third-order valence-corrected chi connectivity index (χ3v) is 14.0. The molecule has 7 atom stereocenters. The maximum atomic E-state index is 14.5. The van der Waals surface area contributed by atoms with Crippen molar-refractivity contribution in [2.24, 2.45) is 17.8 Å². The summed E-state index contributed by atoms with van der Waals surface area (Å²) in [6, 6.07) is 5.24. The zero-order chi connectivity index (χ0) is 39.1. The lowest BCUT2D eigenvalue weighted by Gasteiger charge is -2.32. The average Bonchev–Trinajstić information content (AvgIpc) is 4.07. The van der Waals surface area contributed by atoms with Crippen molar-refractivity contribution in [2.45, 2.75) is 87.3 Å². The Morgan fingerprint density at radius 3 is 2.55 bits per heavy atom. The summed E-state index contributed by atoms with van der Waals surface area (Å²) in [4.78, 5) is 62.9. The van der Waals surface area contributed by atoms with Crippen LogP contribution in [0.4, 0.5) is 14.9 Å². The van der Waals surface area contributed by atoms with Gasteiger partial charge in [-0.05, 0) is 56.4 Å². The number of aromatic nitrogens is 1. The van der Waals surface area contributed by atoms with Crippen molar-refractivity contribution in [3.63, 3.8) is 0 Å². The second-order valence-electron chi connectivity index (χ2n) is 15.8. The minimum atomic E-state index is -4.39. The fourth-order valence-corrected chi connectivity index (χ4v) is 9.77. The van der Waals surface area contributed by atoms with Gasteiger partial charge in [-0.1, -0.05) is 44.2 Å². The van der Waals surface area contributed by atoms with Gasteiger partial charge in [0.1, 0.15) is 35.1 Å². The number of alkyl halides is 1. The topological polar surface area (TPSA) is 197 Å². The standard InChI is InChI=1S/C38H49FN6O9S/c1-23-7-3-4-8-25-19-38(25,35(48)43-55(51,52)37(22-39)11-12-37)42-32(46)29-18-26(21-45(29)34(47)31(24(2)17-23)41-36(49)50)54-33-28-10-6-5-9-27(28)30(20-40-33)44-13-15-53-16-14-44/h4-6,8-10,20,23-26,29,31,41H,3,7,11-19,21-22H2,1-2H3,(H,42,46)(H,43,48)(H,49,50)/b8-4-/t23-,24+,25+,26+,29-,31-,38+/m0/s1. The maximum Gasteiger partial charge on any atom is 0.405 e. The van der Waals surface area contributed by atoms with E-state index in [-0.39, 0.29) is 38.1 Å². The van der Waals surface area contributed by atoms with E-state index >= 15 is 0 Å². The van der Waals surface area contributed by atoms with Crippen LogP contribution in [0.1, 0.15) is 58.8 Å². The first-order valence-electron chi connectivity index (χ1n) is 19.1. The summed E-state index contributed by atoms with van der Waals surface area (Å²) in [5.74, 6) is -2.90. The Bertz CT molecular complexity index is 1970. The van der Waals surface area contributed by atoms with Crippen LogP contribution in [-0.4, -0.2) is 115 Å². The number of carbonyl (C=O) groups is 4. The molecule has 2 saturated carbocycles. The number of nitrogens with zero attached hydrogens (tertiary/aromatic N) is 3. The van der Waals surface area contributed by atoms with E-state index in [1.165, 1.54) is 4.90 Å². The van der Waals surface area contributed by atoms with Crippen molar-refractivity contribution in [3.05, 3.63) is 42.6 Å². The highest BCUT2D eigenvalue weighted by atomic mass is 32.2. The molecule has 0 spiro atoms. The predicted octanol–water partition coefficient (Wildman–Crippen LogP) is 2.89. The summed E-state index contributed by atoms with van der Waals surface area (Å²) in [6.45, 7) is 5.16. The molecule has 17 heteroatoms. The normalized spacial score (nSPS) is 31.5. The van der Waals surface area contributed by atoms with Crippen LogP contribution < -0.4 is 25.0 Å². The lowest BCUT2D eigenvalue weighted by molar-refractivity contribution is -0.142. The van der Waals surface area contributed by atoms with Crippen LogP contribution in [0.15, 0.2) is 42.6 Å². The van der Waals surface area contributed by atoms with Crippen molar-refractivity contribution < 1.29 is 46.6 Å². The van der Waals surface area contributed by atoms with Crippen LogP contribution >= 0.6 is 0 Å². The van der Waals surface area contributed by atoms with E-state index in [9.17, 15) is 37.1 Å². The number of benzene rings is 1. The van der Waals surface area contributed by atoms with E-state index in [0.717, 1.165) is 16.5 Å². The lowest BCUT2D eigenvalue weighted by Crippen LogP contribution is -2.59. The molecule has 2 aromatic rings. The van der Waals surface area contributed by atoms with Gasteiger partial charge in [-0.2, -0.15) is 0 Å². The molecule has 7 rings (SSSR count). The van der Waals surface area contributed by atoms with E-state index in [1.54, 1.807) is 19.2 Å². The van der Waals surface area contributed by atoms with Gasteiger partial charge in [-0.15, -0.1) is 0 Å². The average molecular weight is 785 g/mol. The van der Waals surface area contributed by atoms with Gasteiger partial charge in [0.2, 0.25) is 27.7 Å². The summed E-state index contributed by atoms with van der Waals surface area (Å²) in [7, 11) is -4.39. The molecule has 55 heavy (non-hydrogen) atoms. The van der Waals surface area contributed by atoms with E-state index in [4.69, 9.17) is 9.47 Å². The lowest BCUT2D eigenvalue weighted by atomic mass is 9.88. The smallest absolute Gasteiger partial charge is 0.405 e. The molecular formula is C38H49FN6O9S. The quantitative estimate of drug-likeness (QED) is 0.288. The summed E-state index contributed by atoms with van der Waals surface area (Å²) in [6.07, 6.45) is 5.32. The number of hydrogen-bond acceptors (Lipinski definition) is 10. The van der Waals surface area contributed by atoms with Crippen molar-refractivity contribution in [3.8, 4) is 5.88 Å². The van der Waals surface area contributed by atoms with Gasteiger partial charge >= 0.3 is 6.09 Å². The number of pyridine rings is 1. The molecule has 2 saturated heterocycles. The second-order valence-corrected chi connectivity index (χ2v) is 17.9. The van der Waals surface area contributed by atoms with Crippen LogP contribution in [0.2, 0.25) is 0 Å². The summed E-state index contributed by atoms with van der Waals surface area (Å²) >= 11 is 0. The molecule has 2 aliphatic carbocycles. The molecular weight excluding hydrogens is 736 g/mol. The molecule has 4 heterocycles. The molecule has 0 radical (unpaired) electrons. The molecule has 4 amide bonds. The van der Waals surface area contributed by atoms with Gasteiger partial charge < -0.3 is 35.0 Å². The van der Waals surface area contributed by atoms with Gasteiger partial charge in [0, 0.05) is 36.2 Å². The second kappa shape index (κ2) is 15.2. The third kappa shape index (κ3) is 7.69. The number of halogens is 1. The Morgan fingerprint density at radius 2 is 1.85 bits per heavy atom. The fraction of sp³-hybridized carbons (Fsp3) is 0.605. The van der Waals surface area contributed by atoms with Crippen LogP contribution in [0.3, 0.4) is 0 Å². The minimum absolute atomic E-state index is 0.0230. The molecule has 4 N–H and O–H groups in total. The van der Waals surface area contributed by atoms with E-state index in [2.05, 4.69) is 25.2 Å². The Hall–Kier alpha value is -4.51. The Kier molecular flexibility index (Phi) is 10.7. The number of morpholine rings is 1. The van der Waals surface area contributed by atoms with Crippen molar-refractivity contribution >= 4 is 50.3 Å². The molecule has 298 valence electrons. The number of anilines is 1. The highest BCUT2D eigenvalue weighted by molar-refractivity contribution is 7.91. The number of rotatable bonds is 8. The van der Waals surface area contributed by atoms with E-state index in [0.29, 0.717) is 51.4 Å². The predicted molar refractivity (Wildman–Crippen MR) is 200 cm³/mol. The zero-order valence-corrected chi connectivity index (χ0v) is 31.9. The van der Waals surface area contributed by atoms with E-state index in [1.807, 2.05) is 37.3 Å². The number of nitrogens with one attached hydrogen (secondary N) is 3. The first-order valence-corrected chi connectivity index (χ1v) is 20.5. The third-order valence-electron chi connectivity index (χ3n) is 11.9. The highest BCUT2D eigenvalue weighted by Gasteiger charge is 2.64. The number of amides is 4. The number of fused-ring (bicyclic) bond motifs is 3. The highest BCUT2D eigenvalue weighted by Crippen LogP contribution is 2.48. The fourth-order valence-electron chi connectivity index (χ4n) is 8.34. The number of hydrogen-bond donors (Lipinski definition) is 4. The van der Waals surface area contributed by atoms with Gasteiger partial charge in [0.15, 0.2) is 0 Å². The first-order chi connectivity index (χ1) is 26.3. The van der Waals surface area contributed by atoms with Crippen LogP contribution in [0.25, 0.3) is 10.8 Å². The molecule has 1 aromatic heterocycles. The number of carbonyl (C=O) groups excluding carboxylic acids is 3. The Balaban J connectivity index is 1.21. The Morgan fingerprint density at radius 1 is 1.13 bits per heavy atom. The number of ether oxygens (including phenoxy) is 2. The number of allylic oxidation sites excluding steroid dienone is 1. The van der Waals surface area contributed by atoms with Crippen molar-refractivity contribution in [1.82, 2.24) is 25.2 Å². The molecule has 0 unspecified atom stereocenters. The minimum Gasteiger partial charge on any atom is -0.472 e. The van der Waals surface area contributed by atoms with Crippen molar-refractivity contribution in [1.29, 1.82) is 0 Å². The number of carboxylic acid groups (broad SMARTS) is 1. The summed E-state index contributed by atoms with van der Waals surface area (Å²) in [5, 5.41) is 16.6. The monoisotopic (exact) mass is 784 g/mol. The first kappa shape index (κ1) is 38.8. The molecule has 5 aliphatic rings. The molecule has 15 nitrogen and oxygen atoms in total. The summed E-state index contributed by atoms with van der Waals surface area (Å²) in [5.41, 5.74) is -0.741. The molecule has 4 fully saturated rings. The van der Waals surface area contributed by atoms with Crippen LogP contribution in [0.5, 0.6) is 5.88 Å². The van der Waals surface area contributed by atoms with Gasteiger partial charge in [0.05, 0.1) is 31.6 Å². The van der Waals surface area contributed by atoms with Crippen LogP contribution in [-0.2, 0) is 29.1 Å². The van der Waals surface area contributed by atoms with E-state index < -0.39 is 80.8 Å². The Labute approximate surface area is 319 Å². The van der Waals surface area contributed by atoms with Gasteiger partial charge in [-0.25, -0.2) is 22.6 Å². The van der Waals surface area contributed by atoms with Crippen LogP contribution in [0, 0.1) is 17.8 Å². The van der Waals surface area contributed by atoms with Crippen molar-refractivity contribution in [2.75, 3.05) is 44.4 Å². The maximum absolute atomic E-state index is 14.5. The SMILES string of the molecule is C[C@H]1CC/C=C\[C@@H]2C[C@@]2(C(=O)NS(=O)(=O)C2(CF)CC2)NC(=O)[C@@H]2C[C@@H](Oc3ncc(N4CCOCC4)c4ccccc34)CN2C(=O)[C@@H](NC(=O)O)[C@H](C)C1. The summed E-state index contributed by atoms with van der Waals surface area (Å²) < 4.78 is 52.5.